The second-order valence-electron chi connectivity index (χ2n) is 2.70. The van der Waals surface area contributed by atoms with E-state index in [4.69, 9.17) is 17.3 Å². The van der Waals surface area contributed by atoms with Crippen LogP contribution in [0.4, 0.5) is 8.78 Å². The molecule has 0 amide bonds. The van der Waals surface area contributed by atoms with Crippen LogP contribution in [0.25, 0.3) is 0 Å². The highest BCUT2D eigenvalue weighted by molar-refractivity contribution is 6.30. The highest BCUT2D eigenvalue weighted by Crippen LogP contribution is 2.31. The van der Waals surface area contributed by atoms with E-state index in [9.17, 15) is 8.78 Å². The minimum atomic E-state index is -3.10. The Morgan fingerprint density at radius 1 is 1.54 bits per heavy atom. The lowest BCUT2D eigenvalue weighted by atomic mass is 10.1. The molecule has 72 valence electrons. The third kappa shape index (κ3) is 2.14. The first-order valence-electron chi connectivity index (χ1n) is 3.69. The number of alkyl halides is 2. The van der Waals surface area contributed by atoms with Crippen molar-refractivity contribution in [2.45, 2.75) is 12.8 Å². The van der Waals surface area contributed by atoms with Crippen molar-refractivity contribution in [3.63, 3.8) is 0 Å². The van der Waals surface area contributed by atoms with Gasteiger partial charge in [-0.2, -0.15) is 8.78 Å². The molecule has 0 aliphatic carbocycles. The number of aromatic nitrogens is 1. The highest BCUT2D eigenvalue weighted by atomic mass is 35.5. The first-order chi connectivity index (χ1) is 5.97. The lowest BCUT2D eigenvalue weighted by molar-refractivity contribution is 0.00572. The maximum atomic E-state index is 13.0. The summed E-state index contributed by atoms with van der Waals surface area (Å²) in [5.74, 6) is -3.10. The van der Waals surface area contributed by atoms with Crippen LogP contribution in [-0.2, 0) is 5.92 Å². The molecule has 0 radical (unpaired) electrons. The minimum Gasteiger partial charge on any atom is -0.325 e. The number of nitrogens with two attached hydrogens (primary N) is 1. The van der Waals surface area contributed by atoms with Gasteiger partial charge in [0.25, 0.3) is 5.92 Å². The van der Waals surface area contributed by atoms with Gasteiger partial charge in [0.15, 0.2) is 0 Å². The molecule has 0 aliphatic heterocycles. The van der Waals surface area contributed by atoms with Gasteiger partial charge < -0.3 is 5.73 Å². The molecule has 13 heavy (non-hydrogen) atoms. The van der Waals surface area contributed by atoms with Crippen molar-refractivity contribution < 1.29 is 8.78 Å². The van der Waals surface area contributed by atoms with E-state index < -0.39 is 12.5 Å². The van der Waals surface area contributed by atoms with Crippen LogP contribution in [0.3, 0.4) is 0 Å². The number of rotatable bonds is 2. The fourth-order valence-electron chi connectivity index (χ4n) is 0.908. The number of hydrogen-bond acceptors (Lipinski definition) is 2. The Morgan fingerprint density at radius 3 is 2.62 bits per heavy atom. The number of aryl methyl sites for hydroxylation is 1. The molecule has 2 nitrogen and oxygen atoms in total. The van der Waals surface area contributed by atoms with Crippen LogP contribution >= 0.6 is 11.6 Å². The Kier molecular flexibility index (Phi) is 2.83. The van der Waals surface area contributed by atoms with Crippen LogP contribution in [0.2, 0.25) is 5.15 Å². The lowest BCUT2D eigenvalue weighted by Gasteiger charge is -2.14. The van der Waals surface area contributed by atoms with Crippen LogP contribution in [0.1, 0.15) is 11.3 Å². The second-order valence-corrected chi connectivity index (χ2v) is 3.06. The average Bonchev–Trinajstić information content (AvgIpc) is 2.03. The van der Waals surface area contributed by atoms with Crippen molar-refractivity contribution in [1.82, 2.24) is 4.98 Å². The highest BCUT2D eigenvalue weighted by Gasteiger charge is 2.32. The molecule has 0 aliphatic rings. The summed E-state index contributed by atoms with van der Waals surface area (Å²) in [7, 11) is 0. The number of pyridine rings is 1. The van der Waals surface area contributed by atoms with E-state index in [0.717, 1.165) is 0 Å². The molecule has 0 fully saturated rings. The van der Waals surface area contributed by atoms with Crippen molar-refractivity contribution >= 4 is 11.6 Å². The molecule has 0 saturated carbocycles. The summed E-state index contributed by atoms with van der Waals surface area (Å²) >= 11 is 5.55. The topological polar surface area (TPSA) is 38.9 Å². The molecular weight excluding hydrogens is 198 g/mol. The van der Waals surface area contributed by atoms with Gasteiger partial charge in [-0.1, -0.05) is 11.6 Å². The Morgan fingerprint density at radius 2 is 2.15 bits per heavy atom. The van der Waals surface area contributed by atoms with Crippen LogP contribution in [0.5, 0.6) is 0 Å². The first kappa shape index (κ1) is 10.3. The third-order valence-corrected chi connectivity index (χ3v) is 1.93. The molecule has 1 aromatic heterocycles. The fourth-order valence-corrected chi connectivity index (χ4v) is 1.24. The minimum absolute atomic E-state index is 0.185. The van der Waals surface area contributed by atoms with Gasteiger partial charge in [-0.15, -0.1) is 0 Å². The zero-order valence-electron chi connectivity index (χ0n) is 7.02. The number of halogens is 3. The molecule has 5 heteroatoms. The monoisotopic (exact) mass is 206 g/mol. The predicted octanol–water partition coefficient (Wildman–Crippen LogP) is 2.09. The molecule has 0 spiro atoms. The molecule has 2 N–H and O–H groups in total. The maximum Gasteiger partial charge on any atom is 0.288 e. The van der Waals surface area contributed by atoms with E-state index in [0.29, 0.717) is 5.69 Å². The Balaban J connectivity index is 3.16. The van der Waals surface area contributed by atoms with Crippen LogP contribution in [-0.4, -0.2) is 11.5 Å². The molecule has 0 saturated heterocycles. The molecule has 0 aromatic carbocycles. The van der Waals surface area contributed by atoms with E-state index >= 15 is 0 Å². The largest absolute Gasteiger partial charge is 0.325 e. The van der Waals surface area contributed by atoms with Gasteiger partial charge in [0.1, 0.15) is 5.15 Å². The molecule has 0 unspecified atom stereocenters. The van der Waals surface area contributed by atoms with E-state index in [2.05, 4.69) is 4.98 Å². The summed E-state index contributed by atoms with van der Waals surface area (Å²) in [4.78, 5) is 3.72. The molecule has 1 rings (SSSR count). The zero-order chi connectivity index (χ0) is 10.1. The van der Waals surface area contributed by atoms with Gasteiger partial charge in [-0.3, -0.25) is 0 Å². The van der Waals surface area contributed by atoms with E-state index in [1.54, 1.807) is 6.92 Å². The molecule has 0 atom stereocenters. The molecule has 0 bridgehead atoms. The fraction of sp³-hybridized carbons (Fsp3) is 0.375. The van der Waals surface area contributed by atoms with Crippen LogP contribution in [0.15, 0.2) is 12.1 Å². The zero-order valence-corrected chi connectivity index (χ0v) is 7.78. The Hall–Kier alpha value is -0.740. The quantitative estimate of drug-likeness (QED) is 0.753. The van der Waals surface area contributed by atoms with Gasteiger partial charge in [-0.25, -0.2) is 4.98 Å². The van der Waals surface area contributed by atoms with E-state index in [1.165, 1.54) is 12.1 Å². The number of nitrogens with zero attached hydrogens (tertiary/aromatic N) is 1. The van der Waals surface area contributed by atoms with Crippen LogP contribution in [0, 0.1) is 6.92 Å². The third-order valence-electron chi connectivity index (χ3n) is 1.64. The van der Waals surface area contributed by atoms with Crippen molar-refractivity contribution in [2.24, 2.45) is 5.73 Å². The summed E-state index contributed by atoms with van der Waals surface area (Å²) in [6.07, 6.45) is 0. The lowest BCUT2D eigenvalue weighted by Crippen LogP contribution is -2.25. The van der Waals surface area contributed by atoms with Crippen LogP contribution < -0.4 is 5.73 Å². The number of hydrogen-bond donors (Lipinski definition) is 1. The van der Waals surface area contributed by atoms with E-state index in [-0.39, 0.29) is 10.7 Å². The van der Waals surface area contributed by atoms with Gasteiger partial charge in [0, 0.05) is 5.69 Å². The van der Waals surface area contributed by atoms with Gasteiger partial charge in [-0.05, 0) is 19.1 Å². The summed E-state index contributed by atoms with van der Waals surface area (Å²) < 4.78 is 26.1. The smallest absolute Gasteiger partial charge is 0.288 e. The standard InChI is InChI=1S/C8H9ClF2N2/c1-5-2-3-6(7(9)13-5)8(10,11)4-12/h2-3H,4,12H2,1H3. The van der Waals surface area contributed by atoms with Crippen molar-refractivity contribution in [2.75, 3.05) is 6.54 Å². The SMILES string of the molecule is Cc1ccc(C(F)(F)CN)c(Cl)n1. The molecule has 1 heterocycles. The summed E-state index contributed by atoms with van der Waals surface area (Å²) in [6.45, 7) is 0.910. The second kappa shape index (κ2) is 3.55. The summed E-state index contributed by atoms with van der Waals surface area (Å²) in [5, 5.41) is -0.185. The average molecular weight is 207 g/mol. The first-order valence-corrected chi connectivity index (χ1v) is 4.06. The Labute approximate surface area is 79.7 Å². The van der Waals surface area contributed by atoms with E-state index in [1.807, 2.05) is 0 Å². The molecular formula is C8H9ClF2N2. The molecule has 1 aromatic rings. The van der Waals surface area contributed by atoms with Gasteiger partial charge in [0.2, 0.25) is 0 Å². The Bertz CT molecular complexity index is 315. The van der Waals surface area contributed by atoms with Gasteiger partial charge >= 0.3 is 0 Å². The van der Waals surface area contributed by atoms with Crippen molar-refractivity contribution in [1.29, 1.82) is 0 Å². The van der Waals surface area contributed by atoms with Gasteiger partial charge in [0.05, 0.1) is 12.1 Å². The predicted molar refractivity (Wildman–Crippen MR) is 46.9 cm³/mol. The van der Waals surface area contributed by atoms with Crippen molar-refractivity contribution in [3.05, 3.63) is 28.5 Å². The van der Waals surface area contributed by atoms with Crippen molar-refractivity contribution in [3.8, 4) is 0 Å². The maximum absolute atomic E-state index is 13.0. The summed E-state index contributed by atoms with van der Waals surface area (Å²) in [6, 6.07) is 2.72. The normalized spacial score (nSPS) is 11.8. The summed E-state index contributed by atoms with van der Waals surface area (Å²) in [5.41, 5.74) is 5.19.